The van der Waals surface area contributed by atoms with Crippen LogP contribution in [-0.4, -0.2) is 21.6 Å². The average molecular weight is 269 g/mol. The number of hydrogen-bond donors (Lipinski definition) is 1. The Morgan fingerprint density at radius 1 is 1.25 bits per heavy atom. The van der Waals surface area contributed by atoms with Gasteiger partial charge in [0.05, 0.1) is 22.9 Å². The number of fused-ring (bicyclic) bond motifs is 3. The van der Waals surface area contributed by atoms with Crippen LogP contribution >= 0.6 is 0 Å². The number of nitrogens with one attached hydrogen (secondary N) is 1. The largest absolute Gasteiger partial charge is 0.477 e. The lowest BCUT2D eigenvalue weighted by atomic mass is 10.1. The highest BCUT2D eigenvalue weighted by molar-refractivity contribution is 6.07. The van der Waals surface area contributed by atoms with Crippen molar-refractivity contribution in [1.29, 1.82) is 0 Å². The molecule has 0 saturated heterocycles. The summed E-state index contributed by atoms with van der Waals surface area (Å²) in [6.45, 7) is 2.72. The number of ether oxygens (including phenoxy) is 1. The molecule has 5 nitrogen and oxygen atoms in total. The highest BCUT2D eigenvalue weighted by atomic mass is 16.5. The van der Waals surface area contributed by atoms with Crippen LogP contribution in [0.2, 0.25) is 0 Å². The summed E-state index contributed by atoms with van der Waals surface area (Å²) in [6, 6.07) is 3.48. The quantitative estimate of drug-likeness (QED) is 0.584. The number of aromatic amines is 1. The summed E-state index contributed by atoms with van der Waals surface area (Å²) in [4.78, 5) is 23.3. The first kappa shape index (κ1) is 12.6. The smallest absolute Gasteiger partial charge is 0.256 e. The lowest BCUT2D eigenvalue weighted by Gasteiger charge is -2.09. The molecule has 0 aliphatic heterocycles. The van der Waals surface area contributed by atoms with Gasteiger partial charge in [-0.1, -0.05) is 13.3 Å². The van der Waals surface area contributed by atoms with Crippen molar-refractivity contribution in [1.82, 2.24) is 15.0 Å². The van der Waals surface area contributed by atoms with Crippen molar-refractivity contribution < 1.29 is 4.74 Å². The molecule has 5 heteroatoms. The Morgan fingerprint density at radius 3 is 3.00 bits per heavy atom. The third-order valence-electron chi connectivity index (χ3n) is 3.24. The number of hydrogen-bond acceptors (Lipinski definition) is 4. The van der Waals surface area contributed by atoms with E-state index in [4.69, 9.17) is 4.74 Å². The Morgan fingerprint density at radius 2 is 2.15 bits per heavy atom. The second-order valence-corrected chi connectivity index (χ2v) is 4.62. The van der Waals surface area contributed by atoms with E-state index in [1.54, 1.807) is 30.7 Å². The predicted octanol–water partition coefficient (Wildman–Crippen LogP) is 2.65. The third kappa shape index (κ3) is 2.11. The van der Waals surface area contributed by atoms with Gasteiger partial charge in [-0.2, -0.15) is 0 Å². The normalized spacial score (nSPS) is 11.1. The maximum atomic E-state index is 12.0. The van der Waals surface area contributed by atoms with Crippen molar-refractivity contribution in [3.05, 3.63) is 41.1 Å². The minimum atomic E-state index is -0.124. The summed E-state index contributed by atoms with van der Waals surface area (Å²) in [5.74, 6) is 0.546. The van der Waals surface area contributed by atoms with E-state index in [2.05, 4.69) is 21.9 Å². The zero-order valence-electron chi connectivity index (χ0n) is 11.2. The van der Waals surface area contributed by atoms with Gasteiger partial charge in [-0.3, -0.25) is 9.78 Å². The summed E-state index contributed by atoms with van der Waals surface area (Å²) in [7, 11) is 0. The summed E-state index contributed by atoms with van der Waals surface area (Å²) in [5.41, 5.74) is 0.595. The van der Waals surface area contributed by atoms with Crippen molar-refractivity contribution in [2.75, 3.05) is 6.61 Å². The molecule has 3 rings (SSSR count). The van der Waals surface area contributed by atoms with Gasteiger partial charge in [0.2, 0.25) is 5.88 Å². The van der Waals surface area contributed by atoms with E-state index in [1.807, 2.05) is 0 Å². The number of H-pyrrole nitrogens is 1. The van der Waals surface area contributed by atoms with Crippen molar-refractivity contribution in [3.8, 4) is 5.88 Å². The van der Waals surface area contributed by atoms with Crippen LogP contribution in [0.4, 0.5) is 0 Å². The van der Waals surface area contributed by atoms with Gasteiger partial charge in [-0.15, -0.1) is 0 Å². The van der Waals surface area contributed by atoms with Crippen molar-refractivity contribution in [2.45, 2.75) is 19.8 Å². The summed E-state index contributed by atoms with van der Waals surface area (Å²) in [5, 5.41) is 2.18. The molecule has 0 spiro atoms. The van der Waals surface area contributed by atoms with E-state index in [9.17, 15) is 4.79 Å². The monoisotopic (exact) mass is 269 g/mol. The molecule has 0 aromatic carbocycles. The molecule has 3 aromatic heterocycles. The molecule has 0 unspecified atom stereocenters. The fourth-order valence-corrected chi connectivity index (χ4v) is 2.21. The van der Waals surface area contributed by atoms with Crippen LogP contribution < -0.4 is 10.3 Å². The zero-order chi connectivity index (χ0) is 13.9. The van der Waals surface area contributed by atoms with Gasteiger partial charge in [0.15, 0.2) is 0 Å². The highest BCUT2D eigenvalue weighted by Gasteiger charge is 2.11. The van der Waals surface area contributed by atoms with E-state index < -0.39 is 0 Å². The van der Waals surface area contributed by atoms with Crippen molar-refractivity contribution in [3.63, 3.8) is 0 Å². The zero-order valence-corrected chi connectivity index (χ0v) is 11.2. The summed E-state index contributed by atoms with van der Waals surface area (Å²) >= 11 is 0. The number of unbranched alkanes of at least 4 members (excludes halogenated alkanes) is 1. The molecule has 1 N–H and O–H groups in total. The molecule has 20 heavy (non-hydrogen) atoms. The Labute approximate surface area is 115 Å². The maximum absolute atomic E-state index is 12.0. The number of rotatable bonds is 4. The molecule has 3 aromatic rings. The lowest BCUT2D eigenvalue weighted by Crippen LogP contribution is -2.08. The van der Waals surface area contributed by atoms with Crippen LogP contribution in [0.5, 0.6) is 5.88 Å². The standard InChI is InChI=1S/C15H15N3O2/c1-2-3-8-20-15-13-11-9-16-6-4-10(11)14(19)18-12(13)5-7-17-15/h4-7,9H,2-3,8H2,1H3,(H,18,19). The number of aromatic nitrogens is 3. The van der Waals surface area contributed by atoms with Crippen LogP contribution in [-0.2, 0) is 0 Å². The molecule has 0 aliphatic carbocycles. The minimum absolute atomic E-state index is 0.124. The molecule has 0 saturated carbocycles. The molecule has 0 bridgehead atoms. The first-order valence-corrected chi connectivity index (χ1v) is 6.68. The van der Waals surface area contributed by atoms with E-state index in [0.717, 1.165) is 29.1 Å². The van der Waals surface area contributed by atoms with E-state index in [-0.39, 0.29) is 5.56 Å². The number of nitrogens with zero attached hydrogens (tertiary/aromatic N) is 2. The fraction of sp³-hybridized carbons (Fsp3) is 0.267. The molecular formula is C15H15N3O2. The molecule has 0 fully saturated rings. The summed E-state index contributed by atoms with van der Waals surface area (Å²) < 4.78 is 5.75. The minimum Gasteiger partial charge on any atom is -0.477 e. The highest BCUT2D eigenvalue weighted by Crippen LogP contribution is 2.27. The van der Waals surface area contributed by atoms with Gasteiger partial charge in [0.1, 0.15) is 0 Å². The van der Waals surface area contributed by atoms with E-state index in [1.165, 1.54) is 0 Å². The predicted molar refractivity (Wildman–Crippen MR) is 78.1 cm³/mol. The van der Waals surface area contributed by atoms with Gasteiger partial charge in [-0.25, -0.2) is 4.98 Å². The summed E-state index contributed by atoms with van der Waals surface area (Å²) in [6.07, 6.45) is 6.96. The SMILES string of the molecule is CCCCOc1nccc2[nH]c(=O)c3ccncc3c12. The van der Waals surface area contributed by atoms with E-state index in [0.29, 0.717) is 17.9 Å². The Kier molecular flexibility index (Phi) is 3.33. The van der Waals surface area contributed by atoms with Crippen LogP contribution in [0.15, 0.2) is 35.5 Å². The molecule has 0 radical (unpaired) electrons. The third-order valence-corrected chi connectivity index (χ3v) is 3.24. The first-order chi connectivity index (χ1) is 9.81. The van der Waals surface area contributed by atoms with Crippen LogP contribution in [0.3, 0.4) is 0 Å². The Hall–Kier alpha value is -2.43. The van der Waals surface area contributed by atoms with Crippen LogP contribution in [0, 0.1) is 0 Å². The van der Waals surface area contributed by atoms with Gasteiger partial charge < -0.3 is 9.72 Å². The second-order valence-electron chi connectivity index (χ2n) is 4.62. The van der Waals surface area contributed by atoms with Crippen LogP contribution in [0.25, 0.3) is 21.7 Å². The molecule has 3 heterocycles. The molecule has 0 atom stereocenters. The van der Waals surface area contributed by atoms with Gasteiger partial charge in [-0.05, 0) is 18.6 Å². The van der Waals surface area contributed by atoms with Crippen LogP contribution in [0.1, 0.15) is 19.8 Å². The Bertz CT molecular complexity index is 811. The number of pyridine rings is 3. The van der Waals surface area contributed by atoms with Crippen molar-refractivity contribution in [2.24, 2.45) is 0 Å². The van der Waals surface area contributed by atoms with Gasteiger partial charge >= 0.3 is 0 Å². The maximum Gasteiger partial charge on any atom is 0.256 e. The van der Waals surface area contributed by atoms with Gasteiger partial charge in [0.25, 0.3) is 5.56 Å². The van der Waals surface area contributed by atoms with Crippen molar-refractivity contribution >= 4 is 21.7 Å². The average Bonchev–Trinajstić information content (AvgIpc) is 2.48. The molecular weight excluding hydrogens is 254 g/mol. The molecule has 0 aliphatic rings. The first-order valence-electron chi connectivity index (χ1n) is 6.68. The van der Waals surface area contributed by atoms with Gasteiger partial charge in [0, 0.05) is 24.0 Å². The topological polar surface area (TPSA) is 67.9 Å². The second kappa shape index (κ2) is 5.28. The molecule has 102 valence electrons. The Balaban J connectivity index is 2.26. The lowest BCUT2D eigenvalue weighted by molar-refractivity contribution is 0.302. The van der Waals surface area contributed by atoms with E-state index >= 15 is 0 Å². The molecule has 0 amide bonds. The fourth-order valence-electron chi connectivity index (χ4n) is 2.21.